The molecule has 2 aromatic carbocycles. The lowest BCUT2D eigenvalue weighted by Gasteiger charge is -2.08. The fourth-order valence-electron chi connectivity index (χ4n) is 2.13. The van der Waals surface area contributed by atoms with E-state index in [4.69, 9.17) is 0 Å². The summed E-state index contributed by atoms with van der Waals surface area (Å²) >= 11 is 3.23. The molecule has 0 saturated heterocycles. The number of rotatable bonds is 4. The number of hydrogen-bond acceptors (Lipinski definition) is 1. The van der Waals surface area contributed by atoms with Crippen LogP contribution >= 0.6 is 15.9 Å². The van der Waals surface area contributed by atoms with Crippen LogP contribution in [0, 0.1) is 5.82 Å². The van der Waals surface area contributed by atoms with Crippen LogP contribution in [0.15, 0.2) is 46.9 Å². The van der Waals surface area contributed by atoms with Crippen LogP contribution in [0.2, 0.25) is 0 Å². The van der Waals surface area contributed by atoms with Gasteiger partial charge in [0.1, 0.15) is 5.82 Å². The summed E-state index contributed by atoms with van der Waals surface area (Å²) in [6.45, 7) is 0.855. The van der Waals surface area contributed by atoms with E-state index < -0.39 is 0 Å². The molecule has 1 aliphatic rings. The van der Waals surface area contributed by atoms with Gasteiger partial charge in [-0.05, 0) is 52.0 Å². The lowest BCUT2D eigenvalue weighted by atomic mass is 10.0. The summed E-state index contributed by atoms with van der Waals surface area (Å²) in [7, 11) is 0. The summed E-state index contributed by atoms with van der Waals surface area (Å²) in [5, 5.41) is 3.47. The minimum atomic E-state index is -0.199. The first kappa shape index (κ1) is 12.8. The molecule has 0 heterocycles. The van der Waals surface area contributed by atoms with Crippen molar-refractivity contribution >= 4 is 15.9 Å². The van der Waals surface area contributed by atoms with E-state index in [2.05, 4.69) is 33.4 Å². The Labute approximate surface area is 121 Å². The van der Waals surface area contributed by atoms with Crippen molar-refractivity contribution in [3.05, 3.63) is 58.3 Å². The minimum Gasteiger partial charge on any atom is -0.310 e. The van der Waals surface area contributed by atoms with E-state index in [1.807, 2.05) is 24.3 Å². The molecule has 1 saturated carbocycles. The van der Waals surface area contributed by atoms with Crippen LogP contribution in [-0.4, -0.2) is 6.04 Å². The van der Waals surface area contributed by atoms with Gasteiger partial charge in [-0.15, -0.1) is 0 Å². The lowest BCUT2D eigenvalue weighted by Crippen LogP contribution is -2.15. The Bertz CT molecular complexity index is 593. The molecule has 0 bridgehead atoms. The summed E-state index contributed by atoms with van der Waals surface area (Å²) in [5.74, 6) is -0.199. The SMILES string of the molecule is Fc1c(Br)cccc1-c1cccc(CNC2CC2)c1. The molecular weight excluding hydrogens is 305 g/mol. The minimum absolute atomic E-state index is 0.199. The van der Waals surface area contributed by atoms with E-state index in [9.17, 15) is 4.39 Å². The summed E-state index contributed by atoms with van der Waals surface area (Å²) in [4.78, 5) is 0. The molecular formula is C16H15BrFN. The van der Waals surface area contributed by atoms with Crippen LogP contribution in [0.3, 0.4) is 0 Å². The molecule has 0 amide bonds. The van der Waals surface area contributed by atoms with Gasteiger partial charge in [-0.25, -0.2) is 4.39 Å². The van der Waals surface area contributed by atoms with Crippen molar-refractivity contribution in [3.63, 3.8) is 0 Å². The van der Waals surface area contributed by atoms with E-state index >= 15 is 0 Å². The van der Waals surface area contributed by atoms with Crippen molar-refractivity contribution in [1.29, 1.82) is 0 Å². The fourth-order valence-corrected chi connectivity index (χ4v) is 2.49. The molecule has 0 atom stereocenters. The van der Waals surface area contributed by atoms with Gasteiger partial charge in [0.2, 0.25) is 0 Å². The summed E-state index contributed by atoms with van der Waals surface area (Å²) in [6, 6.07) is 14.1. The molecule has 3 heteroatoms. The first-order valence-corrected chi connectivity index (χ1v) is 7.30. The summed E-state index contributed by atoms with van der Waals surface area (Å²) < 4.78 is 14.6. The van der Waals surface area contributed by atoms with Crippen molar-refractivity contribution in [2.24, 2.45) is 0 Å². The van der Waals surface area contributed by atoms with E-state index in [1.165, 1.54) is 18.4 Å². The number of halogens is 2. The van der Waals surface area contributed by atoms with Crippen LogP contribution in [0.25, 0.3) is 11.1 Å². The second kappa shape index (κ2) is 5.43. The predicted octanol–water partition coefficient (Wildman–Crippen LogP) is 4.51. The van der Waals surface area contributed by atoms with Crippen LogP contribution in [0.5, 0.6) is 0 Å². The molecule has 98 valence electrons. The third-order valence-electron chi connectivity index (χ3n) is 3.36. The topological polar surface area (TPSA) is 12.0 Å². The monoisotopic (exact) mass is 319 g/mol. The zero-order valence-electron chi connectivity index (χ0n) is 10.5. The Morgan fingerprint density at radius 2 is 1.95 bits per heavy atom. The van der Waals surface area contributed by atoms with Crippen molar-refractivity contribution in [1.82, 2.24) is 5.32 Å². The standard InChI is InChI=1S/C16H15BrFN/c17-15-6-2-5-14(16(15)18)12-4-1-3-11(9-12)10-19-13-7-8-13/h1-6,9,13,19H,7-8,10H2. The van der Waals surface area contributed by atoms with Gasteiger partial charge in [0.05, 0.1) is 4.47 Å². The van der Waals surface area contributed by atoms with Crippen LogP contribution in [-0.2, 0) is 6.54 Å². The van der Waals surface area contributed by atoms with E-state index in [0.29, 0.717) is 16.1 Å². The van der Waals surface area contributed by atoms with Crippen LogP contribution in [0.1, 0.15) is 18.4 Å². The number of benzene rings is 2. The van der Waals surface area contributed by atoms with Gasteiger partial charge in [-0.2, -0.15) is 0 Å². The Kier molecular flexibility index (Phi) is 3.67. The second-order valence-electron chi connectivity index (χ2n) is 4.96. The number of nitrogens with one attached hydrogen (secondary N) is 1. The van der Waals surface area contributed by atoms with E-state index in [1.54, 1.807) is 6.07 Å². The highest BCUT2D eigenvalue weighted by Crippen LogP contribution is 2.28. The zero-order chi connectivity index (χ0) is 13.2. The van der Waals surface area contributed by atoms with Crippen LogP contribution in [0.4, 0.5) is 4.39 Å². The Hall–Kier alpha value is -1.19. The third-order valence-corrected chi connectivity index (χ3v) is 3.97. The van der Waals surface area contributed by atoms with Gasteiger partial charge in [0.15, 0.2) is 0 Å². The molecule has 0 radical (unpaired) electrons. The molecule has 0 unspecified atom stereocenters. The third kappa shape index (κ3) is 3.04. The maximum Gasteiger partial charge on any atom is 0.145 e. The molecule has 1 nitrogen and oxygen atoms in total. The molecule has 1 fully saturated rings. The molecule has 19 heavy (non-hydrogen) atoms. The van der Waals surface area contributed by atoms with E-state index in [-0.39, 0.29) is 5.82 Å². The van der Waals surface area contributed by atoms with Gasteiger partial charge in [0.25, 0.3) is 0 Å². The van der Waals surface area contributed by atoms with Gasteiger partial charge in [-0.3, -0.25) is 0 Å². The van der Waals surface area contributed by atoms with Crippen LogP contribution < -0.4 is 5.32 Å². The van der Waals surface area contributed by atoms with Gasteiger partial charge in [0, 0.05) is 18.2 Å². The van der Waals surface area contributed by atoms with Gasteiger partial charge in [-0.1, -0.05) is 30.3 Å². The van der Waals surface area contributed by atoms with Crippen molar-refractivity contribution in [3.8, 4) is 11.1 Å². The smallest absolute Gasteiger partial charge is 0.145 e. The van der Waals surface area contributed by atoms with Gasteiger partial charge >= 0.3 is 0 Å². The Balaban J connectivity index is 1.86. The highest BCUT2D eigenvalue weighted by Gasteiger charge is 2.20. The van der Waals surface area contributed by atoms with Crippen molar-refractivity contribution in [2.45, 2.75) is 25.4 Å². The van der Waals surface area contributed by atoms with Crippen molar-refractivity contribution < 1.29 is 4.39 Å². The Morgan fingerprint density at radius 1 is 1.16 bits per heavy atom. The lowest BCUT2D eigenvalue weighted by molar-refractivity contribution is 0.624. The highest BCUT2D eigenvalue weighted by molar-refractivity contribution is 9.10. The summed E-state index contributed by atoms with van der Waals surface area (Å²) in [5.41, 5.74) is 2.76. The second-order valence-corrected chi connectivity index (χ2v) is 5.81. The molecule has 2 aromatic rings. The number of hydrogen-bond donors (Lipinski definition) is 1. The maximum absolute atomic E-state index is 14.1. The Morgan fingerprint density at radius 3 is 2.74 bits per heavy atom. The fraction of sp³-hybridized carbons (Fsp3) is 0.250. The zero-order valence-corrected chi connectivity index (χ0v) is 12.1. The normalized spacial score (nSPS) is 14.6. The molecule has 0 spiro atoms. The first-order chi connectivity index (χ1) is 9.24. The molecule has 0 aromatic heterocycles. The average Bonchev–Trinajstić information content (AvgIpc) is 3.24. The van der Waals surface area contributed by atoms with E-state index in [0.717, 1.165) is 12.1 Å². The average molecular weight is 320 g/mol. The molecule has 1 aliphatic carbocycles. The predicted molar refractivity (Wildman–Crippen MR) is 79.4 cm³/mol. The molecule has 1 N–H and O–H groups in total. The quantitative estimate of drug-likeness (QED) is 0.874. The molecule has 3 rings (SSSR count). The molecule has 0 aliphatic heterocycles. The highest BCUT2D eigenvalue weighted by atomic mass is 79.9. The summed E-state index contributed by atoms with van der Waals surface area (Å²) in [6.07, 6.45) is 2.56. The maximum atomic E-state index is 14.1. The van der Waals surface area contributed by atoms with Gasteiger partial charge < -0.3 is 5.32 Å². The largest absolute Gasteiger partial charge is 0.310 e. The first-order valence-electron chi connectivity index (χ1n) is 6.51. The van der Waals surface area contributed by atoms with Crippen molar-refractivity contribution in [2.75, 3.05) is 0 Å².